The Morgan fingerprint density at radius 3 is 2.61 bits per heavy atom. The maximum Gasteiger partial charge on any atom is 0.221 e. The monoisotopic (exact) mass is 452 g/mol. The van der Waals surface area contributed by atoms with Crippen molar-refractivity contribution >= 4 is 5.91 Å². The molecule has 0 aliphatic heterocycles. The molecule has 1 atom stereocenters. The van der Waals surface area contributed by atoms with Gasteiger partial charge in [-0.15, -0.1) is 0 Å². The minimum Gasteiger partial charge on any atom is -0.496 e. The lowest BCUT2D eigenvalue weighted by molar-refractivity contribution is -0.121. The predicted molar refractivity (Wildman–Crippen MR) is 116 cm³/mol. The number of carbonyl (C=O) groups is 1. The van der Waals surface area contributed by atoms with Gasteiger partial charge in [-0.2, -0.15) is 0 Å². The molecule has 7 nitrogen and oxygen atoms in total. The van der Waals surface area contributed by atoms with Gasteiger partial charge in [0.25, 0.3) is 0 Å². The van der Waals surface area contributed by atoms with Gasteiger partial charge in [0.2, 0.25) is 5.91 Å². The molecule has 33 heavy (non-hydrogen) atoms. The van der Waals surface area contributed by atoms with E-state index in [0.29, 0.717) is 11.6 Å². The molecule has 2 heterocycles. The average molecular weight is 452 g/mol. The lowest BCUT2D eigenvalue weighted by Crippen LogP contribution is -2.31. The summed E-state index contributed by atoms with van der Waals surface area (Å²) in [5.74, 6) is -0.327. The van der Waals surface area contributed by atoms with Crippen molar-refractivity contribution in [3.05, 3.63) is 90.0 Å². The highest BCUT2D eigenvalue weighted by atomic mass is 19.1. The van der Waals surface area contributed by atoms with Gasteiger partial charge in [-0.1, -0.05) is 24.3 Å². The van der Waals surface area contributed by atoms with Crippen molar-refractivity contribution in [2.75, 3.05) is 7.11 Å². The van der Waals surface area contributed by atoms with E-state index in [2.05, 4.69) is 15.3 Å². The van der Waals surface area contributed by atoms with Gasteiger partial charge < -0.3 is 19.0 Å². The largest absolute Gasteiger partial charge is 0.496 e. The number of amides is 1. The molecule has 4 rings (SSSR count). The standard InChI is InChI=1S/C24H22F2N4O3/c1-30-13-12-27-24(30)23(15-6-3-4-9-18(15)32-2)29-20(31)10-11-21-28-14-19(33-21)22-16(25)7-5-8-17(22)26/h3-9,12-14,23H,10-11H2,1-2H3,(H,29,31). The van der Waals surface area contributed by atoms with Gasteiger partial charge in [0.05, 0.1) is 18.9 Å². The van der Waals surface area contributed by atoms with Crippen molar-refractivity contribution in [3.63, 3.8) is 0 Å². The Kier molecular flexibility index (Phi) is 6.48. The summed E-state index contributed by atoms with van der Waals surface area (Å²) in [6.07, 6.45) is 4.90. The Hall–Kier alpha value is -4.01. The Morgan fingerprint density at radius 1 is 1.15 bits per heavy atom. The van der Waals surface area contributed by atoms with Crippen LogP contribution in [0.4, 0.5) is 8.78 Å². The van der Waals surface area contributed by atoms with E-state index < -0.39 is 17.7 Å². The molecule has 2 aromatic heterocycles. The number of imidazole rings is 1. The molecule has 0 radical (unpaired) electrons. The van der Waals surface area contributed by atoms with E-state index in [1.54, 1.807) is 19.5 Å². The summed E-state index contributed by atoms with van der Waals surface area (Å²) in [6.45, 7) is 0. The quantitative estimate of drug-likeness (QED) is 0.433. The molecular weight excluding hydrogens is 430 g/mol. The van der Waals surface area contributed by atoms with Crippen LogP contribution in [0.25, 0.3) is 11.3 Å². The van der Waals surface area contributed by atoms with Crippen LogP contribution in [0, 0.1) is 11.6 Å². The molecule has 0 fully saturated rings. The lowest BCUT2D eigenvalue weighted by atomic mass is 10.0. The number of rotatable bonds is 8. The Labute approximate surface area is 189 Å². The molecule has 170 valence electrons. The smallest absolute Gasteiger partial charge is 0.221 e. The van der Waals surface area contributed by atoms with Crippen molar-refractivity contribution in [1.82, 2.24) is 19.9 Å². The van der Waals surface area contributed by atoms with Crippen molar-refractivity contribution in [3.8, 4) is 17.1 Å². The maximum atomic E-state index is 14.0. The van der Waals surface area contributed by atoms with E-state index >= 15 is 0 Å². The van der Waals surface area contributed by atoms with Gasteiger partial charge in [0.1, 0.15) is 29.3 Å². The summed E-state index contributed by atoms with van der Waals surface area (Å²) in [7, 11) is 3.40. The zero-order chi connectivity index (χ0) is 23.4. The minimum absolute atomic E-state index is 0.0269. The maximum absolute atomic E-state index is 14.0. The number of carbonyl (C=O) groups excluding carboxylic acids is 1. The van der Waals surface area contributed by atoms with Crippen LogP contribution in [-0.4, -0.2) is 27.6 Å². The Morgan fingerprint density at radius 2 is 1.91 bits per heavy atom. The fraction of sp³-hybridized carbons (Fsp3) is 0.208. The number of aryl methyl sites for hydroxylation is 2. The van der Waals surface area contributed by atoms with Crippen molar-refractivity contribution in [2.45, 2.75) is 18.9 Å². The molecule has 0 aliphatic rings. The third kappa shape index (κ3) is 4.77. The summed E-state index contributed by atoms with van der Waals surface area (Å²) >= 11 is 0. The van der Waals surface area contributed by atoms with Gasteiger partial charge >= 0.3 is 0 Å². The van der Waals surface area contributed by atoms with E-state index in [-0.39, 0.29) is 36.0 Å². The fourth-order valence-corrected chi connectivity index (χ4v) is 3.57. The fourth-order valence-electron chi connectivity index (χ4n) is 3.57. The highest BCUT2D eigenvalue weighted by Gasteiger charge is 2.24. The summed E-state index contributed by atoms with van der Waals surface area (Å²) in [5, 5.41) is 2.99. The third-order valence-electron chi connectivity index (χ3n) is 5.20. The van der Waals surface area contributed by atoms with Gasteiger partial charge in [-0.3, -0.25) is 4.79 Å². The molecule has 2 aromatic carbocycles. The summed E-state index contributed by atoms with van der Waals surface area (Å²) < 4.78 is 40.7. The second-order valence-electron chi connectivity index (χ2n) is 7.35. The first-order valence-electron chi connectivity index (χ1n) is 10.3. The van der Waals surface area contributed by atoms with E-state index in [1.165, 1.54) is 12.3 Å². The lowest BCUT2D eigenvalue weighted by Gasteiger charge is -2.21. The van der Waals surface area contributed by atoms with Gasteiger partial charge in [0, 0.05) is 37.8 Å². The number of benzene rings is 2. The van der Waals surface area contributed by atoms with E-state index in [9.17, 15) is 13.6 Å². The molecule has 0 aliphatic carbocycles. The molecule has 0 spiro atoms. The number of hydrogen-bond donors (Lipinski definition) is 1. The van der Waals surface area contributed by atoms with Crippen LogP contribution < -0.4 is 10.1 Å². The molecule has 0 bridgehead atoms. The van der Waals surface area contributed by atoms with Gasteiger partial charge in [-0.05, 0) is 18.2 Å². The normalized spacial score (nSPS) is 11.9. The number of para-hydroxylation sites is 1. The second-order valence-corrected chi connectivity index (χ2v) is 7.35. The third-order valence-corrected chi connectivity index (χ3v) is 5.20. The van der Waals surface area contributed by atoms with Crippen LogP contribution in [-0.2, 0) is 18.3 Å². The van der Waals surface area contributed by atoms with Crippen LogP contribution in [0.5, 0.6) is 5.75 Å². The van der Waals surface area contributed by atoms with Crippen LogP contribution in [0.1, 0.15) is 29.7 Å². The molecule has 9 heteroatoms. The summed E-state index contributed by atoms with van der Waals surface area (Å²) in [5.41, 5.74) is 0.475. The second kappa shape index (κ2) is 9.64. The molecule has 0 saturated carbocycles. The van der Waals surface area contributed by atoms with Gasteiger partial charge in [-0.25, -0.2) is 18.7 Å². The summed E-state index contributed by atoms with van der Waals surface area (Å²) in [4.78, 5) is 21.3. The predicted octanol–water partition coefficient (Wildman–Crippen LogP) is 4.20. The van der Waals surface area contributed by atoms with Crippen LogP contribution >= 0.6 is 0 Å². The highest BCUT2D eigenvalue weighted by molar-refractivity contribution is 5.77. The number of methoxy groups -OCH3 is 1. The zero-order valence-corrected chi connectivity index (χ0v) is 18.1. The Bertz CT molecular complexity index is 1250. The number of nitrogens with one attached hydrogen (secondary N) is 1. The SMILES string of the molecule is COc1ccccc1C(NC(=O)CCc1ncc(-c2c(F)cccc2F)o1)c1nccn1C. The number of hydrogen-bond acceptors (Lipinski definition) is 5. The number of ether oxygens (including phenoxy) is 1. The summed E-state index contributed by atoms with van der Waals surface area (Å²) in [6, 6.07) is 10.4. The molecule has 1 unspecified atom stereocenters. The number of halogens is 2. The molecule has 4 aromatic rings. The first-order chi connectivity index (χ1) is 16.0. The van der Waals surface area contributed by atoms with E-state index in [1.807, 2.05) is 35.9 Å². The molecule has 1 amide bonds. The Balaban J connectivity index is 1.49. The van der Waals surface area contributed by atoms with Crippen LogP contribution in [0.2, 0.25) is 0 Å². The average Bonchev–Trinajstić information content (AvgIpc) is 3.45. The minimum atomic E-state index is -0.745. The van der Waals surface area contributed by atoms with E-state index in [4.69, 9.17) is 9.15 Å². The van der Waals surface area contributed by atoms with Crippen molar-refractivity contribution in [1.29, 1.82) is 0 Å². The number of nitrogens with zero attached hydrogens (tertiary/aromatic N) is 3. The van der Waals surface area contributed by atoms with Crippen molar-refractivity contribution in [2.24, 2.45) is 7.05 Å². The van der Waals surface area contributed by atoms with Crippen LogP contribution in [0.3, 0.4) is 0 Å². The number of oxazole rings is 1. The van der Waals surface area contributed by atoms with E-state index in [0.717, 1.165) is 17.7 Å². The van der Waals surface area contributed by atoms with Crippen molar-refractivity contribution < 1.29 is 22.7 Å². The number of aromatic nitrogens is 3. The topological polar surface area (TPSA) is 82.2 Å². The van der Waals surface area contributed by atoms with Crippen LogP contribution in [0.15, 0.2) is 65.5 Å². The zero-order valence-electron chi connectivity index (χ0n) is 18.1. The molecule has 1 N–H and O–H groups in total. The first-order valence-corrected chi connectivity index (χ1v) is 10.3. The highest BCUT2D eigenvalue weighted by Crippen LogP contribution is 2.29. The van der Waals surface area contributed by atoms with Gasteiger partial charge in [0.15, 0.2) is 11.7 Å². The first kappa shape index (κ1) is 22.2. The molecular formula is C24H22F2N4O3. The molecule has 0 saturated heterocycles.